The Bertz CT molecular complexity index is 1060. The molecule has 4 rings (SSSR count). The molecular formula is C24H29N3O4. The van der Waals surface area contributed by atoms with Crippen LogP contribution < -0.4 is 4.74 Å². The number of hydrogen-bond donors (Lipinski definition) is 0. The van der Waals surface area contributed by atoms with Crippen LogP contribution in [0.4, 0.5) is 0 Å². The molecule has 0 atom stereocenters. The van der Waals surface area contributed by atoms with Gasteiger partial charge in [0.25, 0.3) is 5.91 Å². The van der Waals surface area contributed by atoms with Gasteiger partial charge in [-0.25, -0.2) is 4.98 Å². The summed E-state index contributed by atoms with van der Waals surface area (Å²) < 4.78 is 16.7. The molecule has 1 fully saturated rings. The first-order valence-corrected chi connectivity index (χ1v) is 10.6. The van der Waals surface area contributed by atoms with E-state index in [0.717, 1.165) is 59.9 Å². The minimum Gasteiger partial charge on any atom is -0.496 e. The van der Waals surface area contributed by atoms with Crippen molar-refractivity contribution < 1.29 is 18.4 Å². The van der Waals surface area contributed by atoms with Gasteiger partial charge in [-0.1, -0.05) is 0 Å². The molecule has 7 heteroatoms. The molecule has 7 nitrogen and oxygen atoms in total. The lowest BCUT2D eigenvalue weighted by Crippen LogP contribution is -2.35. The Hall–Kier alpha value is -3.06. The quantitative estimate of drug-likeness (QED) is 0.612. The van der Waals surface area contributed by atoms with E-state index >= 15 is 0 Å². The fourth-order valence-electron chi connectivity index (χ4n) is 4.03. The Kier molecular flexibility index (Phi) is 6.13. The number of oxazole rings is 1. The van der Waals surface area contributed by atoms with E-state index in [9.17, 15) is 4.79 Å². The highest BCUT2D eigenvalue weighted by Gasteiger charge is 2.23. The van der Waals surface area contributed by atoms with Crippen LogP contribution in [0.3, 0.4) is 0 Å². The van der Waals surface area contributed by atoms with Crippen LogP contribution in [-0.4, -0.2) is 54.0 Å². The highest BCUT2D eigenvalue weighted by Crippen LogP contribution is 2.31. The summed E-state index contributed by atoms with van der Waals surface area (Å²) in [5, 5.41) is 0. The second-order valence-electron chi connectivity index (χ2n) is 8.06. The number of aromatic nitrogens is 1. The second-order valence-corrected chi connectivity index (χ2v) is 8.06. The third-order valence-electron chi connectivity index (χ3n) is 5.85. The summed E-state index contributed by atoms with van der Waals surface area (Å²) in [4.78, 5) is 21.6. The summed E-state index contributed by atoms with van der Waals surface area (Å²) in [6, 6.07) is 7.54. The predicted molar refractivity (Wildman–Crippen MR) is 117 cm³/mol. The molecule has 31 heavy (non-hydrogen) atoms. The van der Waals surface area contributed by atoms with Gasteiger partial charge in [0.2, 0.25) is 5.89 Å². The Morgan fingerprint density at radius 1 is 1.13 bits per heavy atom. The molecule has 0 bridgehead atoms. The molecule has 1 amide bonds. The fourth-order valence-corrected chi connectivity index (χ4v) is 4.03. The molecule has 0 N–H and O–H groups in total. The van der Waals surface area contributed by atoms with Crippen molar-refractivity contribution in [3.8, 4) is 17.2 Å². The molecule has 164 valence electrons. The molecule has 3 heterocycles. The van der Waals surface area contributed by atoms with Crippen LogP contribution in [0, 0.1) is 20.8 Å². The standard InChI is InChI=1S/C24H29N3O4/c1-16-14-22(29-4)17(2)13-19(16)23-25-20(18(3)31-23)15-26-8-6-9-27(11-10-26)24(28)21-7-5-12-30-21/h5,7,12-14H,6,8-11,15H2,1-4H3. The third-order valence-corrected chi connectivity index (χ3v) is 5.85. The van der Waals surface area contributed by atoms with Crippen LogP contribution in [0.2, 0.25) is 0 Å². The van der Waals surface area contributed by atoms with Crippen molar-refractivity contribution in [2.75, 3.05) is 33.3 Å². The first-order valence-electron chi connectivity index (χ1n) is 10.6. The average Bonchev–Trinajstić information content (AvgIpc) is 3.35. The monoisotopic (exact) mass is 423 g/mol. The van der Waals surface area contributed by atoms with E-state index in [-0.39, 0.29) is 5.91 Å². The maximum Gasteiger partial charge on any atom is 0.289 e. The Labute approximate surface area is 182 Å². The van der Waals surface area contributed by atoms with Crippen molar-refractivity contribution in [3.05, 3.63) is 58.9 Å². The van der Waals surface area contributed by atoms with Gasteiger partial charge >= 0.3 is 0 Å². The first-order chi connectivity index (χ1) is 15.0. The highest BCUT2D eigenvalue weighted by atomic mass is 16.5. The van der Waals surface area contributed by atoms with Crippen molar-refractivity contribution in [2.45, 2.75) is 33.7 Å². The molecule has 0 unspecified atom stereocenters. The minimum atomic E-state index is -0.0443. The molecule has 2 aromatic heterocycles. The lowest BCUT2D eigenvalue weighted by atomic mass is 10.0. The minimum absolute atomic E-state index is 0.0443. The zero-order valence-electron chi connectivity index (χ0n) is 18.6. The third kappa shape index (κ3) is 4.51. The zero-order chi connectivity index (χ0) is 22.0. The summed E-state index contributed by atoms with van der Waals surface area (Å²) in [5.74, 6) is 2.69. The molecule has 1 saturated heterocycles. The van der Waals surface area contributed by atoms with E-state index in [4.69, 9.17) is 18.6 Å². The molecule has 0 saturated carbocycles. The van der Waals surface area contributed by atoms with Crippen LogP contribution in [0.25, 0.3) is 11.5 Å². The van der Waals surface area contributed by atoms with E-state index in [0.29, 0.717) is 24.7 Å². The second kappa shape index (κ2) is 8.98. The number of methoxy groups -OCH3 is 1. The summed E-state index contributed by atoms with van der Waals surface area (Å²) in [7, 11) is 1.68. The van der Waals surface area contributed by atoms with Gasteiger partial charge in [0, 0.05) is 38.3 Å². The van der Waals surface area contributed by atoms with E-state index in [2.05, 4.69) is 11.0 Å². The Morgan fingerprint density at radius 2 is 1.97 bits per heavy atom. The van der Waals surface area contributed by atoms with Gasteiger partial charge in [0.1, 0.15) is 11.5 Å². The molecule has 1 aliphatic rings. The number of carbonyl (C=O) groups is 1. The Balaban J connectivity index is 1.45. The van der Waals surface area contributed by atoms with Crippen molar-refractivity contribution in [2.24, 2.45) is 0 Å². The molecule has 0 radical (unpaired) electrons. The van der Waals surface area contributed by atoms with Gasteiger partial charge < -0.3 is 18.5 Å². The van der Waals surface area contributed by atoms with Crippen LogP contribution in [-0.2, 0) is 6.54 Å². The smallest absolute Gasteiger partial charge is 0.289 e. The van der Waals surface area contributed by atoms with Crippen molar-refractivity contribution >= 4 is 5.91 Å². The molecule has 3 aromatic rings. The maximum absolute atomic E-state index is 12.6. The first kappa shape index (κ1) is 21.2. The molecule has 0 spiro atoms. The van der Waals surface area contributed by atoms with Gasteiger partial charge in [-0.3, -0.25) is 9.69 Å². The van der Waals surface area contributed by atoms with Gasteiger partial charge in [-0.15, -0.1) is 0 Å². The fraction of sp³-hybridized carbons (Fsp3) is 0.417. The number of ether oxygens (including phenoxy) is 1. The Morgan fingerprint density at radius 3 is 2.71 bits per heavy atom. The predicted octanol–water partition coefficient (Wildman–Crippen LogP) is 4.22. The van der Waals surface area contributed by atoms with E-state index in [1.54, 1.807) is 19.2 Å². The summed E-state index contributed by atoms with van der Waals surface area (Å²) in [6.07, 6.45) is 2.45. The number of carbonyl (C=O) groups excluding carboxylic acids is 1. The number of hydrogen-bond acceptors (Lipinski definition) is 6. The number of nitrogens with zero attached hydrogens (tertiary/aromatic N) is 3. The number of rotatable bonds is 5. The zero-order valence-corrected chi connectivity index (χ0v) is 18.6. The van der Waals surface area contributed by atoms with Gasteiger partial charge in [-0.2, -0.15) is 0 Å². The molecule has 1 aliphatic heterocycles. The summed E-state index contributed by atoms with van der Waals surface area (Å²) in [6.45, 7) is 9.80. The number of amides is 1. The van der Waals surface area contributed by atoms with Gasteiger partial charge in [0.05, 0.1) is 19.1 Å². The molecule has 0 aliphatic carbocycles. The summed E-state index contributed by atoms with van der Waals surface area (Å²) >= 11 is 0. The maximum atomic E-state index is 12.6. The lowest BCUT2D eigenvalue weighted by molar-refractivity contribution is 0.0729. The van der Waals surface area contributed by atoms with Crippen molar-refractivity contribution in [1.82, 2.24) is 14.8 Å². The van der Waals surface area contributed by atoms with Crippen molar-refractivity contribution in [1.29, 1.82) is 0 Å². The van der Waals surface area contributed by atoms with E-state index in [1.807, 2.05) is 31.7 Å². The largest absolute Gasteiger partial charge is 0.496 e. The number of benzene rings is 1. The van der Waals surface area contributed by atoms with Crippen LogP contribution in [0.1, 0.15) is 39.6 Å². The topological polar surface area (TPSA) is 72.0 Å². The number of furan rings is 1. The van der Waals surface area contributed by atoms with Gasteiger partial charge in [0.15, 0.2) is 5.76 Å². The molecule has 1 aromatic carbocycles. The SMILES string of the molecule is COc1cc(C)c(-c2nc(CN3CCCN(C(=O)c4ccco4)CC3)c(C)o2)cc1C. The average molecular weight is 424 g/mol. The number of aryl methyl sites for hydroxylation is 3. The van der Waals surface area contributed by atoms with E-state index < -0.39 is 0 Å². The van der Waals surface area contributed by atoms with E-state index in [1.165, 1.54) is 6.26 Å². The van der Waals surface area contributed by atoms with Crippen LogP contribution in [0.5, 0.6) is 5.75 Å². The molecular weight excluding hydrogens is 394 g/mol. The normalized spacial score (nSPS) is 15.2. The highest BCUT2D eigenvalue weighted by molar-refractivity contribution is 5.91. The summed E-state index contributed by atoms with van der Waals surface area (Å²) in [5.41, 5.74) is 4.04. The van der Waals surface area contributed by atoms with Crippen LogP contribution in [0.15, 0.2) is 39.4 Å². The van der Waals surface area contributed by atoms with Crippen LogP contribution >= 0.6 is 0 Å². The van der Waals surface area contributed by atoms with Crippen molar-refractivity contribution in [3.63, 3.8) is 0 Å². The lowest BCUT2D eigenvalue weighted by Gasteiger charge is -2.20. The van der Waals surface area contributed by atoms with Gasteiger partial charge in [-0.05, 0) is 62.6 Å².